The predicted octanol–water partition coefficient (Wildman–Crippen LogP) is 10.0. The number of rotatable bonds is 4. The number of allylic oxidation sites excluding steroid dienone is 4. The molecule has 0 bridgehead atoms. The molecule has 0 N–H and O–H groups in total. The van der Waals surface area contributed by atoms with Gasteiger partial charge in [-0.05, 0) is 123 Å². The van der Waals surface area contributed by atoms with Crippen LogP contribution in [0.15, 0.2) is 36.5 Å². The Hall–Kier alpha value is -0.780. The Labute approximate surface area is 206 Å². The third kappa shape index (κ3) is 3.42. The first-order chi connectivity index (χ1) is 15.2. The predicted molar refractivity (Wildman–Crippen MR) is 145 cm³/mol. The van der Waals surface area contributed by atoms with E-state index < -0.39 is 0 Å². The van der Waals surface area contributed by atoms with Crippen LogP contribution >= 0.6 is 0 Å². The smallest absolute Gasteiger partial charge is 0.00969 e. The van der Waals surface area contributed by atoms with Crippen LogP contribution in [0.25, 0.3) is 0 Å². The maximum absolute atomic E-state index is 4.40. The average molecular weight is 451 g/mol. The fourth-order valence-corrected chi connectivity index (χ4v) is 11.0. The highest BCUT2D eigenvalue weighted by molar-refractivity contribution is 5.39. The van der Waals surface area contributed by atoms with Crippen LogP contribution in [0.1, 0.15) is 113 Å². The summed E-state index contributed by atoms with van der Waals surface area (Å²) in [6.45, 7) is 21.5. The summed E-state index contributed by atoms with van der Waals surface area (Å²) >= 11 is 0. The third-order valence-electron chi connectivity index (χ3n) is 12.5. The lowest BCUT2D eigenvalue weighted by molar-refractivity contribution is -0.168. The van der Waals surface area contributed by atoms with Crippen LogP contribution in [-0.4, -0.2) is 0 Å². The molecule has 0 aromatic rings. The second kappa shape index (κ2) is 8.71. The molecular formula is C33H54. The molecule has 0 aliphatic heterocycles. The van der Waals surface area contributed by atoms with Crippen molar-refractivity contribution in [3.63, 3.8) is 0 Å². The Kier molecular flexibility index (Phi) is 6.68. The minimum Gasteiger partial charge on any atom is -0.103 e. The quantitative estimate of drug-likeness (QED) is 0.374. The zero-order chi connectivity index (χ0) is 22.9. The van der Waals surface area contributed by atoms with Gasteiger partial charge in [-0.2, -0.15) is 0 Å². The first-order valence-corrected chi connectivity index (χ1v) is 14.2. The molecule has 0 amide bonds. The van der Waals surface area contributed by atoms with Crippen molar-refractivity contribution in [1.82, 2.24) is 0 Å². The summed E-state index contributed by atoms with van der Waals surface area (Å²) in [5, 5.41) is 0. The summed E-state index contributed by atoms with van der Waals surface area (Å²) in [5.41, 5.74) is 5.20. The maximum Gasteiger partial charge on any atom is 0.00969 e. The molecule has 5 aliphatic rings. The summed E-state index contributed by atoms with van der Waals surface area (Å²) < 4.78 is 0. The van der Waals surface area contributed by atoms with Gasteiger partial charge in [0.15, 0.2) is 0 Å². The molecule has 0 saturated heterocycles. The number of hydrogen-bond acceptors (Lipinski definition) is 0. The molecule has 186 valence electrons. The summed E-state index contributed by atoms with van der Waals surface area (Å²) in [4.78, 5) is 0. The van der Waals surface area contributed by atoms with Crippen LogP contribution in [0.5, 0.6) is 0 Å². The summed E-state index contributed by atoms with van der Waals surface area (Å²) in [6, 6.07) is 0. The second-order valence-corrected chi connectivity index (χ2v) is 13.7. The topological polar surface area (TPSA) is 0 Å². The van der Waals surface area contributed by atoms with Crippen LogP contribution in [0.2, 0.25) is 0 Å². The molecule has 0 aromatic heterocycles. The molecule has 0 aromatic carbocycles. The molecule has 5 aliphatic carbocycles. The highest BCUT2D eigenvalue weighted by Crippen LogP contribution is 2.72. The van der Waals surface area contributed by atoms with Crippen LogP contribution < -0.4 is 0 Å². The van der Waals surface area contributed by atoms with Crippen LogP contribution in [0, 0.1) is 57.7 Å². The monoisotopic (exact) mass is 450 g/mol. The van der Waals surface area contributed by atoms with Crippen molar-refractivity contribution in [3.8, 4) is 0 Å². The minimum atomic E-state index is 0. The van der Waals surface area contributed by atoms with Crippen molar-refractivity contribution < 1.29 is 0 Å². The summed E-state index contributed by atoms with van der Waals surface area (Å²) in [5.74, 6) is 6.09. The van der Waals surface area contributed by atoms with E-state index in [9.17, 15) is 0 Å². The molecule has 9 atom stereocenters. The van der Waals surface area contributed by atoms with Gasteiger partial charge in [0.1, 0.15) is 0 Å². The Morgan fingerprint density at radius 2 is 1.58 bits per heavy atom. The molecule has 0 heteroatoms. The van der Waals surface area contributed by atoms with Crippen LogP contribution in [-0.2, 0) is 0 Å². The van der Waals surface area contributed by atoms with E-state index in [2.05, 4.69) is 59.9 Å². The maximum atomic E-state index is 4.40. The summed E-state index contributed by atoms with van der Waals surface area (Å²) in [7, 11) is 0. The lowest BCUT2D eigenvalue weighted by Gasteiger charge is -2.67. The van der Waals surface area contributed by atoms with E-state index in [1.54, 1.807) is 0 Å². The standard InChI is InChI=1S/C32H50.CH4/c1-8-10-23-13-17-30(6)26(22(23)5)15-18-31(7)27-16-20-32(9-2)19-14-24(21(3)4)29(32)25(27)11-12-28(30)31;/h8-9,21-23,25-28H,1-2,10-20H2,3-7H3;1H4. The first kappa shape index (κ1) is 25.3. The lowest BCUT2D eigenvalue weighted by Crippen LogP contribution is -2.59. The number of fused-ring (bicyclic) bond motifs is 7. The average Bonchev–Trinajstić information content (AvgIpc) is 3.16. The van der Waals surface area contributed by atoms with E-state index in [1.165, 1.54) is 70.6 Å². The normalized spacial score (nSPS) is 48.8. The van der Waals surface area contributed by atoms with Gasteiger partial charge in [-0.25, -0.2) is 0 Å². The van der Waals surface area contributed by atoms with E-state index in [4.69, 9.17) is 0 Å². The number of hydrogen-bond donors (Lipinski definition) is 0. The summed E-state index contributed by atoms with van der Waals surface area (Å²) in [6.07, 6.45) is 20.1. The Morgan fingerprint density at radius 1 is 0.909 bits per heavy atom. The van der Waals surface area contributed by atoms with Gasteiger partial charge in [0.05, 0.1) is 0 Å². The van der Waals surface area contributed by atoms with Gasteiger partial charge in [0.2, 0.25) is 0 Å². The molecule has 0 nitrogen and oxygen atoms in total. The van der Waals surface area contributed by atoms with Crippen molar-refractivity contribution in [2.75, 3.05) is 0 Å². The fourth-order valence-electron chi connectivity index (χ4n) is 11.0. The fraction of sp³-hybridized carbons (Fsp3) is 0.818. The molecule has 0 spiro atoms. The molecule has 9 unspecified atom stereocenters. The molecule has 33 heavy (non-hydrogen) atoms. The highest BCUT2D eigenvalue weighted by Gasteiger charge is 2.63. The molecule has 5 rings (SSSR count). The van der Waals surface area contributed by atoms with Crippen molar-refractivity contribution >= 4 is 0 Å². The molecule has 0 radical (unpaired) electrons. The SMILES string of the molecule is C.C=CCC1CCC2(C)C(CCC3(C)C4CCC5(C=C)CCC(C(C)C)=C5C4CCC32)C1C. The largest absolute Gasteiger partial charge is 0.103 e. The van der Waals surface area contributed by atoms with Crippen LogP contribution in [0.3, 0.4) is 0 Å². The van der Waals surface area contributed by atoms with Gasteiger partial charge in [-0.15, -0.1) is 13.2 Å². The Balaban J connectivity index is 0.00000259. The van der Waals surface area contributed by atoms with E-state index >= 15 is 0 Å². The van der Waals surface area contributed by atoms with Crippen molar-refractivity contribution in [1.29, 1.82) is 0 Å². The second-order valence-electron chi connectivity index (χ2n) is 13.7. The van der Waals surface area contributed by atoms with Gasteiger partial charge in [0.25, 0.3) is 0 Å². The van der Waals surface area contributed by atoms with Crippen molar-refractivity contribution in [2.45, 2.75) is 113 Å². The van der Waals surface area contributed by atoms with Crippen molar-refractivity contribution in [2.24, 2.45) is 57.7 Å². The third-order valence-corrected chi connectivity index (χ3v) is 12.5. The van der Waals surface area contributed by atoms with Gasteiger partial charge < -0.3 is 0 Å². The first-order valence-electron chi connectivity index (χ1n) is 14.2. The molecular weight excluding hydrogens is 396 g/mol. The van der Waals surface area contributed by atoms with E-state index in [1.807, 2.05) is 11.1 Å². The molecule has 4 fully saturated rings. The lowest BCUT2D eigenvalue weighted by atomic mass is 9.37. The zero-order valence-corrected chi connectivity index (χ0v) is 21.9. The van der Waals surface area contributed by atoms with Gasteiger partial charge in [0, 0.05) is 5.41 Å². The Morgan fingerprint density at radius 3 is 2.24 bits per heavy atom. The minimum absolute atomic E-state index is 0. The Bertz CT molecular complexity index is 799. The van der Waals surface area contributed by atoms with Gasteiger partial charge in [-0.3, -0.25) is 0 Å². The highest BCUT2D eigenvalue weighted by atomic mass is 14.7. The van der Waals surface area contributed by atoms with E-state index in [0.717, 1.165) is 35.5 Å². The van der Waals surface area contributed by atoms with Crippen molar-refractivity contribution in [3.05, 3.63) is 36.5 Å². The van der Waals surface area contributed by atoms with Crippen LogP contribution in [0.4, 0.5) is 0 Å². The molecule has 0 heterocycles. The van der Waals surface area contributed by atoms with E-state index in [-0.39, 0.29) is 7.43 Å². The van der Waals surface area contributed by atoms with E-state index in [0.29, 0.717) is 22.2 Å². The zero-order valence-electron chi connectivity index (χ0n) is 21.9. The van der Waals surface area contributed by atoms with Gasteiger partial charge >= 0.3 is 0 Å². The van der Waals surface area contributed by atoms with Gasteiger partial charge in [-0.1, -0.05) is 65.3 Å². The molecule has 4 saturated carbocycles.